The summed E-state index contributed by atoms with van der Waals surface area (Å²) in [7, 11) is 0. The largest absolute Gasteiger partial charge is 0.340 e. The summed E-state index contributed by atoms with van der Waals surface area (Å²) in [5, 5.41) is 11.5. The Morgan fingerprint density at radius 2 is 1.94 bits per heavy atom. The van der Waals surface area contributed by atoms with E-state index in [1.54, 1.807) is 24.3 Å². The van der Waals surface area contributed by atoms with E-state index in [0.29, 0.717) is 11.4 Å². The van der Waals surface area contributed by atoms with Gasteiger partial charge in [-0.3, -0.25) is 0 Å². The molecular formula is C11H7FN4. The number of nitrogens with zero attached hydrogens (tertiary/aromatic N) is 3. The zero-order valence-electron chi connectivity index (χ0n) is 8.18. The van der Waals surface area contributed by atoms with Gasteiger partial charge < -0.3 is 5.32 Å². The van der Waals surface area contributed by atoms with Crippen molar-refractivity contribution in [3.63, 3.8) is 0 Å². The second-order valence-corrected chi connectivity index (χ2v) is 3.04. The van der Waals surface area contributed by atoms with Gasteiger partial charge in [-0.2, -0.15) is 9.65 Å². The molecule has 1 aromatic carbocycles. The molecule has 0 aliphatic carbocycles. The highest BCUT2D eigenvalue weighted by atomic mass is 19.1. The van der Waals surface area contributed by atoms with Crippen molar-refractivity contribution >= 4 is 11.5 Å². The second-order valence-electron chi connectivity index (χ2n) is 3.04. The van der Waals surface area contributed by atoms with Crippen LogP contribution in [0.5, 0.6) is 0 Å². The smallest absolute Gasteiger partial charge is 0.218 e. The van der Waals surface area contributed by atoms with Crippen LogP contribution in [0.4, 0.5) is 15.9 Å². The Hall–Kier alpha value is -2.48. The fourth-order valence-corrected chi connectivity index (χ4v) is 1.18. The number of rotatable bonds is 2. The van der Waals surface area contributed by atoms with Gasteiger partial charge in [0.2, 0.25) is 5.95 Å². The molecule has 78 valence electrons. The predicted molar refractivity (Wildman–Crippen MR) is 56.4 cm³/mol. The molecule has 0 unspecified atom stereocenters. The Morgan fingerprint density at radius 1 is 1.19 bits per heavy atom. The number of nitrogens with one attached hydrogen (secondary N) is 1. The Kier molecular flexibility index (Phi) is 2.74. The standard InChI is InChI=1S/C11H7FN4/c12-10-5-11(15-7-14-10)16-9-3-1-8(6-13)2-4-9/h1-5,7H,(H,14,15,16). The lowest BCUT2D eigenvalue weighted by molar-refractivity contribution is 0.580. The molecule has 0 fully saturated rings. The lowest BCUT2D eigenvalue weighted by Gasteiger charge is -2.04. The predicted octanol–water partition coefficient (Wildman–Crippen LogP) is 2.23. The van der Waals surface area contributed by atoms with Crippen molar-refractivity contribution < 1.29 is 4.39 Å². The Morgan fingerprint density at radius 3 is 2.56 bits per heavy atom. The second kappa shape index (κ2) is 4.36. The molecule has 0 atom stereocenters. The molecule has 0 saturated carbocycles. The van der Waals surface area contributed by atoms with Gasteiger partial charge in [0.15, 0.2) is 0 Å². The van der Waals surface area contributed by atoms with Gasteiger partial charge in [-0.05, 0) is 24.3 Å². The van der Waals surface area contributed by atoms with E-state index >= 15 is 0 Å². The van der Waals surface area contributed by atoms with E-state index in [-0.39, 0.29) is 0 Å². The van der Waals surface area contributed by atoms with E-state index in [2.05, 4.69) is 15.3 Å². The molecular weight excluding hydrogens is 207 g/mol. The summed E-state index contributed by atoms with van der Waals surface area (Å²) in [6.07, 6.45) is 1.14. The molecule has 0 spiro atoms. The van der Waals surface area contributed by atoms with Crippen molar-refractivity contribution in [2.75, 3.05) is 5.32 Å². The van der Waals surface area contributed by atoms with Gasteiger partial charge in [0.05, 0.1) is 11.6 Å². The lowest BCUT2D eigenvalue weighted by Crippen LogP contribution is -1.95. The maximum absolute atomic E-state index is 12.8. The highest BCUT2D eigenvalue weighted by molar-refractivity contribution is 5.56. The molecule has 1 aromatic heterocycles. The molecule has 0 amide bonds. The first-order valence-corrected chi connectivity index (χ1v) is 4.52. The monoisotopic (exact) mass is 214 g/mol. The van der Waals surface area contributed by atoms with Gasteiger partial charge in [-0.15, -0.1) is 0 Å². The van der Waals surface area contributed by atoms with Crippen LogP contribution in [0, 0.1) is 17.3 Å². The Bertz CT molecular complexity index is 530. The van der Waals surface area contributed by atoms with Gasteiger partial charge in [0, 0.05) is 11.8 Å². The average Bonchev–Trinajstić information content (AvgIpc) is 2.30. The summed E-state index contributed by atoms with van der Waals surface area (Å²) in [4.78, 5) is 7.20. The van der Waals surface area contributed by atoms with Crippen molar-refractivity contribution in [2.24, 2.45) is 0 Å². The molecule has 0 bridgehead atoms. The van der Waals surface area contributed by atoms with Crippen LogP contribution < -0.4 is 5.32 Å². The van der Waals surface area contributed by atoms with E-state index in [1.165, 1.54) is 6.07 Å². The topological polar surface area (TPSA) is 61.6 Å². The van der Waals surface area contributed by atoms with E-state index in [1.807, 2.05) is 6.07 Å². The van der Waals surface area contributed by atoms with Crippen LogP contribution in [-0.4, -0.2) is 9.97 Å². The molecule has 16 heavy (non-hydrogen) atoms. The van der Waals surface area contributed by atoms with E-state index < -0.39 is 5.95 Å². The minimum atomic E-state index is -0.592. The molecule has 1 heterocycles. The fourth-order valence-electron chi connectivity index (χ4n) is 1.18. The van der Waals surface area contributed by atoms with Crippen molar-refractivity contribution in [3.8, 4) is 6.07 Å². The molecule has 0 aliphatic rings. The molecule has 0 aliphatic heterocycles. The lowest BCUT2D eigenvalue weighted by atomic mass is 10.2. The number of nitriles is 1. The molecule has 5 heteroatoms. The van der Waals surface area contributed by atoms with E-state index in [9.17, 15) is 4.39 Å². The van der Waals surface area contributed by atoms with Crippen LogP contribution >= 0.6 is 0 Å². The molecule has 2 rings (SSSR count). The number of halogens is 1. The Labute approximate surface area is 91.4 Å². The van der Waals surface area contributed by atoms with Crippen LogP contribution in [0.15, 0.2) is 36.7 Å². The van der Waals surface area contributed by atoms with E-state index in [4.69, 9.17) is 5.26 Å². The zero-order chi connectivity index (χ0) is 11.4. The van der Waals surface area contributed by atoms with Gasteiger partial charge in [0.25, 0.3) is 0 Å². The average molecular weight is 214 g/mol. The molecule has 0 saturated heterocycles. The van der Waals surface area contributed by atoms with Gasteiger partial charge in [-0.25, -0.2) is 9.97 Å². The van der Waals surface area contributed by atoms with Crippen LogP contribution in [-0.2, 0) is 0 Å². The maximum atomic E-state index is 12.8. The number of hydrogen-bond donors (Lipinski definition) is 1. The number of anilines is 2. The summed E-state index contributed by atoms with van der Waals surface area (Å²) in [5.74, 6) is -0.219. The van der Waals surface area contributed by atoms with Gasteiger partial charge >= 0.3 is 0 Å². The molecule has 2 aromatic rings. The minimum absolute atomic E-state index is 0.372. The number of benzene rings is 1. The first-order chi connectivity index (χ1) is 7.78. The first-order valence-electron chi connectivity index (χ1n) is 4.52. The normalized spacial score (nSPS) is 9.50. The summed E-state index contributed by atoms with van der Waals surface area (Å²) < 4.78 is 12.8. The van der Waals surface area contributed by atoms with Crippen molar-refractivity contribution in [1.29, 1.82) is 5.26 Å². The van der Waals surface area contributed by atoms with Crippen LogP contribution in [0.1, 0.15) is 5.56 Å². The van der Waals surface area contributed by atoms with Crippen LogP contribution in [0.25, 0.3) is 0 Å². The maximum Gasteiger partial charge on any atom is 0.218 e. The minimum Gasteiger partial charge on any atom is -0.340 e. The molecule has 1 N–H and O–H groups in total. The van der Waals surface area contributed by atoms with Crippen molar-refractivity contribution in [3.05, 3.63) is 48.2 Å². The van der Waals surface area contributed by atoms with Crippen molar-refractivity contribution in [1.82, 2.24) is 9.97 Å². The third-order valence-corrected chi connectivity index (χ3v) is 1.92. The molecule has 0 radical (unpaired) electrons. The quantitative estimate of drug-likeness (QED) is 0.778. The van der Waals surface area contributed by atoms with Gasteiger partial charge in [0.1, 0.15) is 12.1 Å². The number of aromatic nitrogens is 2. The summed E-state index contributed by atoms with van der Waals surface area (Å²) in [6.45, 7) is 0. The Balaban J connectivity index is 2.18. The fraction of sp³-hybridized carbons (Fsp3) is 0. The summed E-state index contributed by atoms with van der Waals surface area (Å²) >= 11 is 0. The third kappa shape index (κ3) is 2.30. The SMILES string of the molecule is N#Cc1ccc(Nc2cc(F)ncn2)cc1. The van der Waals surface area contributed by atoms with Crippen LogP contribution in [0.3, 0.4) is 0 Å². The summed E-state index contributed by atoms with van der Waals surface area (Å²) in [6, 6.07) is 9.98. The van der Waals surface area contributed by atoms with E-state index in [0.717, 1.165) is 12.0 Å². The van der Waals surface area contributed by atoms with Crippen molar-refractivity contribution in [2.45, 2.75) is 0 Å². The highest BCUT2D eigenvalue weighted by Crippen LogP contribution is 2.14. The number of hydrogen-bond acceptors (Lipinski definition) is 4. The highest BCUT2D eigenvalue weighted by Gasteiger charge is 1.98. The first kappa shape index (κ1) is 10.1. The molecule has 4 nitrogen and oxygen atoms in total. The third-order valence-electron chi connectivity index (χ3n) is 1.92. The zero-order valence-corrected chi connectivity index (χ0v) is 8.18. The van der Waals surface area contributed by atoms with Gasteiger partial charge in [-0.1, -0.05) is 0 Å². The summed E-state index contributed by atoms with van der Waals surface area (Å²) in [5.41, 5.74) is 1.30. The van der Waals surface area contributed by atoms with Crippen LogP contribution in [0.2, 0.25) is 0 Å².